The zero-order chi connectivity index (χ0) is 19.4. The summed E-state index contributed by atoms with van der Waals surface area (Å²) in [5, 5.41) is 3.61. The van der Waals surface area contributed by atoms with E-state index in [0.29, 0.717) is 11.3 Å². The molecule has 5 nitrogen and oxygen atoms in total. The molecule has 1 N–H and O–H groups in total. The van der Waals surface area contributed by atoms with Gasteiger partial charge in [0.2, 0.25) is 5.91 Å². The number of aromatic nitrogens is 2. The van der Waals surface area contributed by atoms with Gasteiger partial charge in [-0.1, -0.05) is 23.9 Å². The van der Waals surface area contributed by atoms with Crippen molar-refractivity contribution in [2.45, 2.75) is 25.9 Å². The van der Waals surface area contributed by atoms with Crippen molar-refractivity contribution in [1.82, 2.24) is 9.55 Å². The number of anilines is 1. The van der Waals surface area contributed by atoms with Crippen molar-refractivity contribution in [3.63, 3.8) is 0 Å². The summed E-state index contributed by atoms with van der Waals surface area (Å²) >= 11 is 1.38. The molecule has 3 rings (SSSR count). The molecular weight excluding hydrogens is 358 g/mol. The van der Waals surface area contributed by atoms with Crippen molar-refractivity contribution in [2.24, 2.45) is 0 Å². The van der Waals surface area contributed by atoms with Gasteiger partial charge in [0.25, 0.3) is 0 Å². The minimum absolute atomic E-state index is 0.00158. The lowest BCUT2D eigenvalue weighted by Crippen LogP contribution is -2.14. The molecule has 0 unspecified atom stereocenters. The number of Topliss-reactive ketones (excluding diaryl/α,β-unsaturated/α-hetero) is 1. The number of rotatable bonds is 6. The van der Waals surface area contributed by atoms with Crippen LogP contribution in [0.4, 0.5) is 5.69 Å². The van der Waals surface area contributed by atoms with Gasteiger partial charge >= 0.3 is 0 Å². The van der Waals surface area contributed by atoms with Gasteiger partial charge in [-0.25, -0.2) is 4.98 Å². The van der Waals surface area contributed by atoms with Gasteiger partial charge in [0.15, 0.2) is 10.9 Å². The van der Waals surface area contributed by atoms with Crippen LogP contribution in [0.5, 0.6) is 0 Å². The van der Waals surface area contributed by atoms with E-state index in [9.17, 15) is 9.59 Å². The SMILES string of the molecule is CC(=O)c1ccc(NC(=O)CSc2nccn2-c2cc(C)ccc2C)cc1. The molecule has 0 aliphatic rings. The average molecular weight is 379 g/mol. The third kappa shape index (κ3) is 4.65. The van der Waals surface area contributed by atoms with Crippen LogP contribution in [0, 0.1) is 13.8 Å². The van der Waals surface area contributed by atoms with Crippen molar-refractivity contribution in [1.29, 1.82) is 0 Å². The lowest BCUT2D eigenvalue weighted by molar-refractivity contribution is -0.113. The fourth-order valence-electron chi connectivity index (χ4n) is 2.67. The summed E-state index contributed by atoms with van der Waals surface area (Å²) in [6, 6.07) is 13.1. The molecule has 1 heterocycles. The van der Waals surface area contributed by atoms with Crippen LogP contribution in [0.1, 0.15) is 28.4 Å². The van der Waals surface area contributed by atoms with E-state index in [1.165, 1.54) is 24.2 Å². The summed E-state index contributed by atoms with van der Waals surface area (Å²) in [7, 11) is 0. The van der Waals surface area contributed by atoms with E-state index in [1.54, 1.807) is 30.5 Å². The van der Waals surface area contributed by atoms with E-state index in [2.05, 4.69) is 42.3 Å². The zero-order valence-corrected chi connectivity index (χ0v) is 16.3. The Bertz CT molecular complexity index is 977. The number of carbonyl (C=O) groups excluding carboxylic acids is 2. The molecular formula is C21H21N3O2S. The molecule has 0 saturated heterocycles. The fourth-order valence-corrected chi connectivity index (χ4v) is 3.44. The van der Waals surface area contributed by atoms with Gasteiger partial charge in [-0.05, 0) is 62.2 Å². The highest BCUT2D eigenvalue weighted by molar-refractivity contribution is 7.99. The molecule has 138 valence electrons. The van der Waals surface area contributed by atoms with Gasteiger partial charge in [0, 0.05) is 23.6 Å². The Morgan fingerprint density at radius 2 is 1.85 bits per heavy atom. The molecule has 0 spiro atoms. The summed E-state index contributed by atoms with van der Waals surface area (Å²) in [6.45, 7) is 5.63. The van der Waals surface area contributed by atoms with Crippen LogP contribution >= 0.6 is 11.8 Å². The summed E-state index contributed by atoms with van der Waals surface area (Å²) in [5.74, 6) is 0.129. The Morgan fingerprint density at radius 3 is 2.56 bits per heavy atom. The normalized spacial score (nSPS) is 10.6. The Balaban J connectivity index is 1.65. The van der Waals surface area contributed by atoms with Gasteiger partial charge in [-0.15, -0.1) is 0 Å². The number of carbonyl (C=O) groups is 2. The largest absolute Gasteiger partial charge is 0.325 e. The first-order valence-corrected chi connectivity index (χ1v) is 9.57. The Labute approximate surface area is 162 Å². The van der Waals surface area contributed by atoms with Crippen LogP contribution in [-0.4, -0.2) is 27.0 Å². The molecule has 2 aromatic carbocycles. The number of imidazole rings is 1. The second-order valence-corrected chi connectivity index (χ2v) is 7.28. The Kier molecular flexibility index (Phi) is 5.76. The number of amides is 1. The number of hydrogen-bond donors (Lipinski definition) is 1. The highest BCUT2D eigenvalue weighted by Gasteiger charge is 2.11. The molecule has 0 atom stereocenters. The summed E-state index contributed by atoms with van der Waals surface area (Å²) in [4.78, 5) is 27.9. The molecule has 0 radical (unpaired) electrons. The Hall–Kier alpha value is -2.86. The highest BCUT2D eigenvalue weighted by Crippen LogP contribution is 2.24. The molecule has 27 heavy (non-hydrogen) atoms. The number of aryl methyl sites for hydroxylation is 2. The number of nitrogens with zero attached hydrogens (tertiary/aromatic N) is 2. The minimum atomic E-state index is -0.119. The molecule has 0 fully saturated rings. The predicted octanol–water partition coefficient (Wildman–Crippen LogP) is 4.42. The maximum absolute atomic E-state index is 12.3. The first kappa shape index (κ1) is 18.9. The molecule has 0 saturated carbocycles. The third-order valence-corrected chi connectivity index (χ3v) is 5.11. The van der Waals surface area contributed by atoms with Crippen LogP contribution in [0.3, 0.4) is 0 Å². The third-order valence-electron chi connectivity index (χ3n) is 4.14. The van der Waals surface area contributed by atoms with Crippen LogP contribution in [0.2, 0.25) is 0 Å². The van der Waals surface area contributed by atoms with Gasteiger partial charge in [0.1, 0.15) is 0 Å². The first-order chi connectivity index (χ1) is 12.9. The van der Waals surface area contributed by atoms with E-state index in [4.69, 9.17) is 0 Å². The first-order valence-electron chi connectivity index (χ1n) is 8.58. The summed E-state index contributed by atoms with van der Waals surface area (Å²) in [5.41, 5.74) is 4.68. The fraction of sp³-hybridized carbons (Fsp3) is 0.190. The maximum Gasteiger partial charge on any atom is 0.234 e. The Morgan fingerprint density at radius 1 is 1.11 bits per heavy atom. The van der Waals surface area contributed by atoms with Crippen molar-refractivity contribution < 1.29 is 9.59 Å². The van der Waals surface area contributed by atoms with Crippen LogP contribution in [0.15, 0.2) is 60.0 Å². The molecule has 0 bridgehead atoms. The highest BCUT2D eigenvalue weighted by atomic mass is 32.2. The van der Waals surface area contributed by atoms with Gasteiger partial charge < -0.3 is 5.32 Å². The van der Waals surface area contributed by atoms with E-state index in [-0.39, 0.29) is 17.4 Å². The van der Waals surface area contributed by atoms with Crippen LogP contribution in [-0.2, 0) is 4.79 Å². The second-order valence-electron chi connectivity index (χ2n) is 6.34. The number of hydrogen-bond acceptors (Lipinski definition) is 4. The van der Waals surface area contributed by atoms with Crippen LogP contribution < -0.4 is 5.32 Å². The topological polar surface area (TPSA) is 64.0 Å². The molecule has 0 aliphatic carbocycles. The molecule has 0 aliphatic heterocycles. The van der Waals surface area contributed by atoms with Crippen molar-refractivity contribution >= 4 is 29.1 Å². The van der Waals surface area contributed by atoms with Gasteiger partial charge in [-0.2, -0.15) is 0 Å². The van der Waals surface area contributed by atoms with E-state index in [1.807, 2.05) is 10.8 Å². The molecule has 3 aromatic rings. The molecule has 1 amide bonds. The van der Waals surface area contributed by atoms with Crippen molar-refractivity contribution in [2.75, 3.05) is 11.1 Å². The molecule has 1 aromatic heterocycles. The molecule has 6 heteroatoms. The smallest absolute Gasteiger partial charge is 0.234 e. The lowest BCUT2D eigenvalue weighted by atomic mass is 10.1. The monoisotopic (exact) mass is 379 g/mol. The quantitative estimate of drug-likeness (QED) is 0.509. The van der Waals surface area contributed by atoms with Crippen molar-refractivity contribution in [3.8, 4) is 5.69 Å². The second kappa shape index (κ2) is 8.22. The summed E-state index contributed by atoms with van der Waals surface area (Å²) < 4.78 is 2.00. The van der Waals surface area contributed by atoms with Crippen molar-refractivity contribution in [3.05, 3.63) is 71.5 Å². The number of thioether (sulfide) groups is 1. The maximum atomic E-state index is 12.3. The summed E-state index contributed by atoms with van der Waals surface area (Å²) in [6.07, 6.45) is 3.64. The van der Waals surface area contributed by atoms with Gasteiger partial charge in [0.05, 0.1) is 11.4 Å². The zero-order valence-electron chi connectivity index (χ0n) is 15.5. The van der Waals surface area contributed by atoms with E-state index < -0.39 is 0 Å². The minimum Gasteiger partial charge on any atom is -0.325 e. The standard InChI is InChI=1S/C21H21N3O2S/c1-14-4-5-15(2)19(12-14)24-11-10-22-21(24)27-13-20(26)23-18-8-6-17(7-9-18)16(3)25/h4-12H,13H2,1-3H3,(H,23,26). The van der Waals surface area contributed by atoms with Crippen LogP contribution in [0.25, 0.3) is 5.69 Å². The lowest BCUT2D eigenvalue weighted by Gasteiger charge is -2.11. The predicted molar refractivity (Wildman–Crippen MR) is 109 cm³/mol. The van der Waals surface area contributed by atoms with E-state index in [0.717, 1.165) is 16.4 Å². The van der Waals surface area contributed by atoms with E-state index >= 15 is 0 Å². The number of nitrogens with one attached hydrogen (secondary N) is 1. The van der Waals surface area contributed by atoms with Gasteiger partial charge in [-0.3, -0.25) is 14.2 Å². The number of ketones is 1. The average Bonchev–Trinajstić information content (AvgIpc) is 3.11. The number of benzene rings is 2.